The number of methoxy groups -OCH3 is 1. The Hall–Kier alpha value is -0.960. The van der Waals surface area contributed by atoms with Crippen LogP contribution in [0.3, 0.4) is 0 Å². The molecule has 1 aliphatic carbocycles. The van der Waals surface area contributed by atoms with Gasteiger partial charge in [0.1, 0.15) is 5.75 Å². The summed E-state index contributed by atoms with van der Waals surface area (Å²) in [6.45, 7) is 0. The Morgan fingerprint density at radius 2 is 2.15 bits per heavy atom. The van der Waals surface area contributed by atoms with Gasteiger partial charge in [0.2, 0.25) is 0 Å². The zero-order valence-corrected chi connectivity index (χ0v) is 14.4. The third-order valence-corrected chi connectivity index (χ3v) is 4.34. The van der Waals surface area contributed by atoms with Crippen molar-refractivity contribution >= 4 is 38.5 Å². The molecule has 1 saturated carbocycles. The fourth-order valence-electron chi connectivity index (χ4n) is 2.08. The van der Waals surface area contributed by atoms with Gasteiger partial charge in [-0.2, -0.15) is 0 Å². The molecule has 0 amide bonds. The molecule has 3 rings (SSSR count). The Kier molecular flexibility index (Phi) is 3.80. The van der Waals surface area contributed by atoms with Crippen LogP contribution in [-0.4, -0.2) is 21.9 Å². The highest BCUT2D eigenvalue weighted by molar-refractivity contribution is 14.1. The maximum absolute atomic E-state index is 12.3. The number of ether oxygens (including phenoxy) is 1. The highest BCUT2D eigenvalue weighted by Gasteiger charge is 2.30. The Labute approximate surface area is 137 Å². The molecule has 0 saturated heterocycles. The molecule has 20 heavy (non-hydrogen) atoms. The van der Waals surface area contributed by atoms with Gasteiger partial charge in [-0.1, -0.05) is 0 Å². The third-order valence-electron chi connectivity index (χ3n) is 3.17. The smallest absolute Gasteiger partial charge is 0.287 e. The van der Waals surface area contributed by atoms with E-state index in [2.05, 4.69) is 48.7 Å². The van der Waals surface area contributed by atoms with Crippen molar-refractivity contribution in [1.29, 1.82) is 0 Å². The summed E-state index contributed by atoms with van der Waals surface area (Å²) in [5.41, 5.74) is 0.648. The zero-order chi connectivity index (χ0) is 14.3. The van der Waals surface area contributed by atoms with E-state index >= 15 is 0 Å². The van der Waals surface area contributed by atoms with E-state index in [0.29, 0.717) is 11.6 Å². The van der Waals surface area contributed by atoms with Crippen LogP contribution in [0, 0.1) is 3.57 Å². The molecule has 1 aromatic carbocycles. The molecule has 0 N–H and O–H groups in total. The quantitative estimate of drug-likeness (QED) is 0.678. The van der Waals surface area contributed by atoms with Crippen molar-refractivity contribution in [1.82, 2.24) is 14.8 Å². The first-order chi connectivity index (χ1) is 9.61. The van der Waals surface area contributed by atoms with Crippen molar-refractivity contribution in [2.24, 2.45) is 0 Å². The predicted octanol–water partition coefficient (Wildman–Crippen LogP) is 3.02. The predicted molar refractivity (Wildman–Crippen MR) is 87.0 cm³/mol. The van der Waals surface area contributed by atoms with E-state index in [1.807, 2.05) is 18.2 Å². The molecule has 0 unspecified atom stereocenters. The van der Waals surface area contributed by atoms with Gasteiger partial charge in [0.05, 0.1) is 12.7 Å². The molecule has 2 aromatic rings. The molecule has 0 spiro atoms. The van der Waals surface area contributed by atoms with Crippen LogP contribution in [0.15, 0.2) is 27.6 Å². The van der Waals surface area contributed by atoms with Crippen LogP contribution in [0.4, 0.5) is 0 Å². The van der Waals surface area contributed by atoms with Gasteiger partial charge >= 0.3 is 0 Å². The lowest BCUT2D eigenvalue weighted by Crippen LogP contribution is -2.24. The fraction of sp³-hybridized carbons (Fsp3) is 0.308. The average Bonchev–Trinajstić information content (AvgIpc) is 3.26. The van der Waals surface area contributed by atoms with Crippen LogP contribution in [0.1, 0.15) is 18.9 Å². The lowest BCUT2D eigenvalue weighted by atomic mass is 10.2. The molecule has 1 fully saturated rings. The molecule has 5 nitrogen and oxygen atoms in total. The van der Waals surface area contributed by atoms with Gasteiger partial charge in [-0.15, -0.1) is 10.2 Å². The topological polar surface area (TPSA) is 57.0 Å². The van der Waals surface area contributed by atoms with Gasteiger partial charge < -0.3 is 4.74 Å². The molecule has 7 heteroatoms. The number of hydrogen-bond donors (Lipinski definition) is 0. The lowest BCUT2D eigenvalue weighted by Gasteiger charge is -2.13. The molecular weight excluding hydrogens is 437 g/mol. The van der Waals surface area contributed by atoms with E-state index in [1.54, 1.807) is 11.7 Å². The Bertz CT molecular complexity index is 728. The number of hydrogen-bond acceptors (Lipinski definition) is 4. The Morgan fingerprint density at radius 3 is 2.80 bits per heavy atom. The van der Waals surface area contributed by atoms with Crippen molar-refractivity contribution in [3.8, 4) is 17.1 Å². The first-order valence-corrected chi connectivity index (χ1v) is 7.97. The second-order valence-corrected chi connectivity index (χ2v) is 6.56. The molecular formula is C13H11BrIN3O2. The van der Waals surface area contributed by atoms with Crippen LogP contribution in [0.2, 0.25) is 0 Å². The summed E-state index contributed by atoms with van der Waals surface area (Å²) in [7, 11) is 1.61. The minimum Gasteiger partial charge on any atom is -0.496 e. The van der Waals surface area contributed by atoms with E-state index in [-0.39, 0.29) is 16.2 Å². The second-order valence-electron chi connectivity index (χ2n) is 4.57. The lowest BCUT2D eigenvalue weighted by molar-refractivity contribution is 0.415. The van der Waals surface area contributed by atoms with E-state index in [4.69, 9.17) is 4.74 Å². The van der Waals surface area contributed by atoms with Crippen molar-refractivity contribution in [3.05, 3.63) is 36.7 Å². The molecule has 104 valence electrons. The fourth-order valence-corrected chi connectivity index (χ4v) is 2.82. The number of halogens is 2. The van der Waals surface area contributed by atoms with Gasteiger partial charge in [-0.25, -0.2) is 0 Å². The summed E-state index contributed by atoms with van der Waals surface area (Å²) in [6.07, 6.45) is 2.00. The monoisotopic (exact) mass is 447 g/mol. The third kappa shape index (κ3) is 2.48. The van der Waals surface area contributed by atoms with Gasteiger partial charge in [0.25, 0.3) is 5.56 Å². The van der Waals surface area contributed by atoms with Crippen molar-refractivity contribution in [2.75, 3.05) is 7.11 Å². The summed E-state index contributed by atoms with van der Waals surface area (Å²) >= 11 is 5.38. The molecule has 1 heterocycles. The van der Waals surface area contributed by atoms with Gasteiger partial charge in [0.15, 0.2) is 10.4 Å². The van der Waals surface area contributed by atoms with E-state index in [1.165, 1.54) is 0 Å². The van der Waals surface area contributed by atoms with Crippen molar-refractivity contribution in [2.45, 2.75) is 18.9 Å². The maximum atomic E-state index is 12.3. The summed E-state index contributed by atoms with van der Waals surface area (Å²) in [5, 5.41) is 8.09. The maximum Gasteiger partial charge on any atom is 0.287 e. The van der Waals surface area contributed by atoms with E-state index in [0.717, 1.165) is 22.0 Å². The highest BCUT2D eigenvalue weighted by Crippen LogP contribution is 2.38. The number of benzene rings is 1. The Morgan fingerprint density at radius 1 is 1.40 bits per heavy atom. The molecule has 0 bridgehead atoms. The van der Waals surface area contributed by atoms with Gasteiger partial charge in [-0.05, 0) is 69.6 Å². The summed E-state index contributed by atoms with van der Waals surface area (Å²) in [4.78, 5) is 12.3. The normalized spacial score (nSPS) is 14.3. The molecule has 1 aromatic heterocycles. The number of aromatic nitrogens is 3. The van der Waals surface area contributed by atoms with Crippen molar-refractivity contribution < 1.29 is 4.74 Å². The standard InChI is InChI=1S/C13H11BrIN3O2/c1-20-10-6-7(15)2-5-9(10)12-17-16-11(14)13(19)18(12)8-3-4-8/h2,5-6,8H,3-4H2,1H3. The summed E-state index contributed by atoms with van der Waals surface area (Å²) in [5.74, 6) is 1.26. The highest BCUT2D eigenvalue weighted by atomic mass is 127. The zero-order valence-electron chi connectivity index (χ0n) is 10.6. The van der Waals surface area contributed by atoms with Gasteiger partial charge in [-0.3, -0.25) is 9.36 Å². The van der Waals surface area contributed by atoms with Crippen LogP contribution in [-0.2, 0) is 0 Å². The number of rotatable bonds is 3. The SMILES string of the molecule is COc1cc(I)ccc1-c1nnc(Br)c(=O)n1C1CC1. The minimum absolute atomic E-state index is 0.141. The molecule has 1 aliphatic rings. The van der Waals surface area contributed by atoms with E-state index in [9.17, 15) is 4.79 Å². The van der Waals surface area contributed by atoms with E-state index < -0.39 is 0 Å². The molecule has 0 aliphatic heterocycles. The van der Waals surface area contributed by atoms with Crippen LogP contribution < -0.4 is 10.3 Å². The van der Waals surface area contributed by atoms with Crippen LogP contribution >= 0.6 is 38.5 Å². The average molecular weight is 448 g/mol. The summed E-state index contributed by atoms with van der Waals surface area (Å²) < 4.78 is 8.43. The first kappa shape index (κ1) is 14.0. The van der Waals surface area contributed by atoms with Crippen molar-refractivity contribution in [3.63, 3.8) is 0 Å². The minimum atomic E-state index is -0.141. The first-order valence-electron chi connectivity index (χ1n) is 6.10. The second kappa shape index (κ2) is 5.44. The molecule has 0 atom stereocenters. The Balaban J connectivity index is 2.25. The molecule has 0 radical (unpaired) electrons. The summed E-state index contributed by atoms with van der Waals surface area (Å²) in [6, 6.07) is 6.01. The van der Waals surface area contributed by atoms with Gasteiger partial charge in [0, 0.05) is 9.61 Å². The largest absolute Gasteiger partial charge is 0.496 e. The van der Waals surface area contributed by atoms with Crippen LogP contribution in [0.5, 0.6) is 5.75 Å². The number of nitrogens with zero attached hydrogens (tertiary/aromatic N) is 3. The van der Waals surface area contributed by atoms with Crippen LogP contribution in [0.25, 0.3) is 11.4 Å².